The Bertz CT molecular complexity index is 161. The van der Waals surface area contributed by atoms with Crippen LogP contribution in [0, 0.1) is 23.7 Å². The molecule has 0 heterocycles. The maximum Gasteiger partial charge on any atom is -0.0383 e. The Kier molecular flexibility index (Phi) is 5.71. The highest BCUT2D eigenvalue weighted by atomic mass is 14.4. The molecular formula is C15H30. The molecule has 1 aliphatic rings. The molecule has 4 atom stereocenters. The Labute approximate surface area is 96.8 Å². The van der Waals surface area contributed by atoms with E-state index in [1.165, 1.54) is 38.5 Å². The van der Waals surface area contributed by atoms with E-state index in [0.29, 0.717) is 0 Å². The molecule has 0 nitrogen and oxygen atoms in total. The van der Waals surface area contributed by atoms with Crippen molar-refractivity contribution >= 4 is 0 Å². The normalized spacial score (nSPS) is 28.8. The van der Waals surface area contributed by atoms with Crippen LogP contribution in [0.4, 0.5) is 0 Å². The van der Waals surface area contributed by atoms with E-state index in [1.807, 2.05) is 0 Å². The molecule has 4 unspecified atom stereocenters. The fraction of sp³-hybridized carbons (Fsp3) is 1.00. The standard InChI is InChI=1S/C15H30/c1-5-8-14-11-15(14)10-9-13(7-3)12(4)6-2/h12-15H,5-11H2,1-4H3. The number of hydrogen-bond donors (Lipinski definition) is 0. The van der Waals surface area contributed by atoms with Gasteiger partial charge in [-0.15, -0.1) is 0 Å². The van der Waals surface area contributed by atoms with Crippen LogP contribution in [0.3, 0.4) is 0 Å². The summed E-state index contributed by atoms with van der Waals surface area (Å²) < 4.78 is 0. The Morgan fingerprint density at radius 3 is 2.20 bits per heavy atom. The lowest BCUT2D eigenvalue weighted by Crippen LogP contribution is -2.10. The van der Waals surface area contributed by atoms with Crippen LogP contribution in [0.25, 0.3) is 0 Å². The maximum atomic E-state index is 2.44. The van der Waals surface area contributed by atoms with Gasteiger partial charge in [-0.05, 0) is 42.9 Å². The van der Waals surface area contributed by atoms with Crippen LogP contribution in [0.1, 0.15) is 72.6 Å². The summed E-state index contributed by atoms with van der Waals surface area (Å²) >= 11 is 0. The fourth-order valence-electron chi connectivity index (χ4n) is 3.04. The topological polar surface area (TPSA) is 0 Å². The highest BCUT2D eigenvalue weighted by molar-refractivity contribution is 4.86. The second-order valence-corrected chi connectivity index (χ2v) is 5.68. The number of rotatable bonds is 8. The predicted molar refractivity (Wildman–Crippen MR) is 69.0 cm³/mol. The highest BCUT2D eigenvalue weighted by Gasteiger charge is 2.35. The van der Waals surface area contributed by atoms with Gasteiger partial charge in [0.15, 0.2) is 0 Å². The molecule has 0 amide bonds. The Morgan fingerprint density at radius 2 is 1.67 bits per heavy atom. The summed E-state index contributed by atoms with van der Waals surface area (Å²) in [5.41, 5.74) is 0. The zero-order chi connectivity index (χ0) is 11.3. The molecule has 90 valence electrons. The molecule has 1 fully saturated rings. The molecule has 0 bridgehead atoms. The third kappa shape index (κ3) is 4.17. The van der Waals surface area contributed by atoms with E-state index in [9.17, 15) is 0 Å². The van der Waals surface area contributed by atoms with Crippen molar-refractivity contribution in [1.29, 1.82) is 0 Å². The molecule has 0 saturated heterocycles. The van der Waals surface area contributed by atoms with Crippen LogP contribution < -0.4 is 0 Å². The first kappa shape index (κ1) is 13.1. The molecule has 15 heavy (non-hydrogen) atoms. The van der Waals surface area contributed by atoms with Gasteiger partial charge < -0.3 is 0 Å². The van der Waals surface area contributed by atoms with E-state index < -0.39 is 0 Å². The van der Waals surface area contributed by atoms with Gasteiger partial charge in [-0.25, -0.2) is 0 Å². The molecule has 0 spiro atoms. The van der Waals surface area contributed by atoms with Crippen molar-refractivity contribution in [3.05, 3.63) is 0 Å². The smallest absolute Gasteiger partial charge is 0.0383 e. The zero-order valence-corrected chi connectivity index (χ0v) is 11.3. The van der Waals surface area contributed by atoms with Crippen molar-refractivity contribution in [3.63, 3.8) is 0 Å². The van der Waals surface area contributed by atoms with E-state index in [0.717, 1.165) is 23.7 Å². The lowest BCUT2D eigenvalue weighted by molar-refractivity contribution is 0.303. The average molecular weight is 210 g/mol. The van der Waals surface area contributed by atoms with Gasteiger partial charge in [-0.2, -0.15) is 0 Å². The van der Waals surface area contributed by atoms with E-state index in [1.54, 1.807) is 6.42 Å². The third-order valence-corrected chi connectivity index (χ3v) is 4.61. The molecule has 0 aromatic heterocycles. The van der Waals surface area contributed by atoms with Crippen LogP contribution in [-0.4, -0.2) is 0 Å². The molecule has 1 aliphatic carbocycles. The van der Waals surface area contributed by atoms with Crippen LogP contribution in [0.2, 0.25) is 0 Å². The van der Waals surface area contributed by atoms with Crippen molar-refractivity contribution in [2.24, 2.45) is 23.7 Å². The van der Waals surface area contributed by atoms with Crippen molar-refractivity contribution in [2.45, 2.75) is 72.6 Å². The van der Waals surface area contributed by atoms with E-state index in [2.05, 4.69) is 27.7 Å². The van der Waals surface area contributed by atoms with Gasteiger partial charge in [0.1, 0.15) is 0 Å². The van der Waals surface area contributed by atoms with E-state index in [4.69, 9.17) is 0 Å². The molecule has 0 heteroatoms. The molecule has 1 rings (SSSR count). The van der Waals surface area contributed by atoms with Gasteiger partial charge in [-0.1, -0.05) is 53.4 Å². The lowest BCUT2D eigenvalue weighted by Gasteiger charge is -2.21. The Morgan fingerprint density at radius 1 is 1.00 bits per heavy atom. The first-order valence-corrected chi connectivity index (χ1v) is 7.22. The summed E-state index contributed by atoms with van der Waals surface area (Å²) in [6.45, 7) is 9.46. The van der Waals surface area contributed by atoms with Crippen molar-refractivity contribution in [3.8, 4) is 0 Å². The van der Waals surface area contributed by atoms with E-state index in [-0.39, 0.29) is 0 Å². The van der Waals surface area contributed by atoms with Gasteiger partial charge in [0.2, 0.25) is 0 Å². The van der Waals surface area contributed by atoms with Crippen LogP contribution in [0.5, 0.6) is 0 Å². The quantitative estimate of drug-likeness (QED) is 0.511. The van der Waals surface area contributed by atoms with Crippen LogP contribution in [-0.2, 0) is 0 Å². The zero-order valence-electron chi connectivity index (χ0n) is 11.3. The van der Waals surface area contributed by atoms with E-state index >= 15 is 0 Å². The number of hydrogen-bond acceptors (Lipinski definition) is 0. The van der Waals surface area contributed by atoms with Crippen molar-refractivity contribution in [1.82, 2.24) is 0 Å². The monoisotopic (exact) mass is 210 g/mol. The first-order valence-electron chi connectivity index (χ1n) is 7.22. The largest absolute Gasteiger partial charge is 0.0654 e. The second-order valence-electron chi connectivity index (χ2n) is 5.68. The fourth-order valence-corrected chi connectivity index (χ4v) is 3.04. The molecule has 1 saturated carbocycles. The Hall–Kier alpha value is 0. The second kappa shape index (κ2) is 6.55. The molecule has 0 aromatic rings. The molecule has 0 aromatic carbocycles. The molecule has 0 radical (unpaired) electrons. The molecular weight excluding hydrogens is 180 g/mol. The lowest BCUT2D eigenvalue weighted by atomic mass is 9.85. The van der Waals surface area contributed by atoms with Gasteiger partial charge in [0.25, 0.3) is 0 Å². The third-order valence-electron chi connectivity index (χ3n) is 4.61. The minimum absolute atomic E-state index is 0.943. The SMILES string of the molecule is CCCC1CC1CCC(CC)C(C)CC. The summed E-state index contributed by atoms with van der Waals surface area (Å²) in [5.74, 6) is 4.17. The van der Waals surface area contributed by atoms with Crippen molar-refractivity contribution < 1.29 is 0 Å². The first-order chi connectivity index (χ1) is 7.22. The van der Waals surface area contributed by atoms with Crippen molar-refractivity contribution in [2.75, 3.05) is 0 Å². The summed E-state index contributed by atoms with van der Waals surface area (Å²) in [5, 5.41) is 0. The van der Waals surface area contributed by atoms with Crippen LogP contribution >= 0.6 is 0 Å². The minimum Gasteiger partial charge on any atom is -0.0654 e. The summed E-state index contributed by atoms with van der Waals surface area (Å²) in [7, 11) is 0. The highest BCUT2D eigenvalue weighted by Crippen LogP contribution is 2.46. The van der Waals surface area contributed by atoms with Gasteiger partial charge in [0, 0.05) is 0 Å². The minimum atomic E-state index is 0.943. The average Bonchev–Trinajstić information content (AvgIpc) is 2.98. The summed E-state index contributed by atoms with van der Waals surface area (Å²) in [4.78, 5) is 0. The molecule has 0 aliphatic heterocycles. The van der Waals surface area contributed by atoms with Gasteiger partial charge in [-0.3, -0.25) is 0 Å². The summed E-state index contributed by atoms with van der Waals surface area (Å²) in [6.07, 6.45) is 10.2. The Balaban J connectivity index is 2.13. The predicted octanol–water partition coefficient (Wildman–Crippen LogP) is 5.28. The summed E-state index contributed by atoms with van der Waals surface area (Å²) in [6, 6.07) is 0. The maximum absolute atomic E-state index is 2.44. The van der Waals surface area contributed by atoms with Gasteiger partial charge in [0.05, 0.1) is 0 Å². The molecule has 0 N–H and O–H groups in total. The van der Waals surface area contributed by atoms with Crippen LogP contribution in [0.15, 0.2) is 0 Å². The van der Waals surface area contributed by atoms with Gasteiger partial charge >= 0.3 is 0 Å².